The summed E-state index contributed by atoms with van der Waals surface area (Å²) in [5, 5.41) is 2.53. The Kier molecular flexibility index (Phi) is 3.39. The van der Waals surface area contributed by atoms with Gasteiger partial charge in [-0.1, -0.05) is 56.2 Å². The Hall–Kier alpha value is -1.30. The lowest BCUT2D eigenvalue weighted by Gasteiger charge is -2.02. The van der Waals surface area contributed by atoms with Gasteiger partial charge in [0.1, 0.15) is 0 Å². The average molecular weight is 197 g/mol. The maximum Gasteiger partial charge on any atom is -0.00963 e. The second kappa shape index (κ2) is 4.97. The fourth-order valence-electron chi connectivity index (χ4n) is 1.89. The van der Waals surface area contributed by atoms with Crippen LogP contribution in [0, 0.1) is 6.07 Å². The minimum Gasteiger partial charge on any atom is -0.0654 e. The molecular weight excluding hydrogens is 180 g/mol. The van der Waals surface area contributed by atoms with Crippen molar-refractivity contribution in [1.82, 2.24) is 0 Å². The maximum atomic E-state index is 3.35. The molecule has 0 aliphatic carbocycles. The molecule has 0 heterocycles. The second-order valence-corrected chi connectivity index (χ2v) is 4.05. The van der Waals surface area contributed by atoms with Crippen molar-refractivity contribution in [1.29, 1.82) is 0 Å². The summed E-state index contributed by atoms with van der Waals surface area (Å²) in [7, 11) is 0. The van der Waals surface area contributed by atoms with E-state index in [0.717, 1.165) is 0 Å². The van der Waals surface area contributed by atoms with Gasteiger partial charge in [-0.3, -0.25) is 0 Å². The topological polar surface area (TPSA) is 0 Å². The molecule has 2 aromatic carbocycles. The lowest BCUT2D eigenvalue weighted by molar-refractivity contribution is 0.718. The Labute approximate surface area is 91.9 Å². The third-order valence-electron chi connectivity index (χ3n) is 2.78. The van der Waals surface area contributed by atoms with Crippen molar-refractivity contribution >= 4 is 10.8 Å². The van der Waals surface area contributed by atoms with Crippen molar-refractivity contribution in [3.05, 3.63) is 48.0 Å². The monoisotopic (exact) mass is 197 g/mol. The van der Waals surface area contributed by atoms with Crippen molar-refractivity contribution in [3.63, 3.8) is 0 Å². The zero-order valence-corrected chi connectivity index (χ0v) is 9.29. The van der Waals surface area contributed by atoms with Crippen LogP contribution in [0.2, 0.25) is 0 Å². The van der Waals surface area contributed by atoms with Gasteiger partial charge in [0, 0.05) is 0 Å². The molecule has 0 aliphatic rings. The van der Waals surface area contributed by atoms with Gasteiger partial charge in [0.25, 0.3) is 0 Å². The van der Waals surface area contributed by atoms with Crippen LogP contribution in [0.15, 0.2) is 36.4 Å². The fourth-order valence-corrected chi connectivity index (χ4v) is 1.89. The number of hydrogen-bond donors (Lipinski definition) is 0. The van der Waals surface area contributed by atoms with E-state index < -0.39 is 0 Å². The van der Waals surface area contributed by atoms with Gasteiger partial charge >= 0.3 is 0 Å². The van der Waals surface area contributed by atoms with Crippen LogP contribution in [0.25, 0.3) is 10.8 Å². The van der Waals surface area contributed by atoms with E-state index in [0.29, 0.717) is 0 Å². The third-order valence-corrected chi connectivity index (χ3v) is 2.78. The van der Waals surface area contributed by atoms with Gasteiger partial charge in [-0.05, 0) is 35.2 Å². The zero-order chi connectivity index (χ0) is 10.5. The second-order valence-electron chi connectivity index (χ2n) is 4.05. The lowest BCUT2D eigenvalue weighted by Crippen LogP contribution is -1.85. The van der Waals surface area contributed by atoms with Gasteiger partial charge in [0.2, 0.25) is 0 Å². The van der Waals surface area contributed by atoms with E-state index in [1.54, 1.807) is 0 Å². The average Bonchev–Trinajstić information content (AvgIpc) is 2.29. The lowest BCUT2D eigenvalue weighted by atomic mass is 10.0. The van der Waals surface area contributed by atoms with Gasteiger partial charge in [0.05, 0.1) is 0 Å². The standard InChI is InChI=1S/C15H17/c1-2-3-4-7-13-10-11-14-8-5-6-9-15(14)12-13/h5-6,8-10,12H,2-4,7H2,1H3. The van der Waals surface area contributed by atoms with E-state index in [4.69, 9.17) is 0 Å². The highest BCUT2D eigenvalue weighted by molar-refractivity contribution is 5.82. The number of rotatable bonds is 4. The highest BCUT2D eigenvalue weighted by atomic mass is 14.0. The molecule has 0 aliphatic heterocycles. The van der Waals surface area contributed by atoms with E-state index in [2.05, 4.69) is 49.4 Å². The van der Waals surface area contributed by atoms with Crippen LogP contribution >= 0.6 is 0 Å². The van der Waals surface area contributed by atoms with Crippen molar-refractivity contribution in [2.24, 2.45) is 0 Å². The third kappa shape index (κ3) is 2.59. The Morgan fingerprint density at radius 1 is 1.13 bits per heavy atom. The molecule has 0 nitrogen and oxygen atoms in total. The first-order valence-electron chi connectivity index (χ1n) is 5.79. The largest absolute Gasteiger partial charge is 0.0654 e. The number of unbranched alkanes of at least 4 members (excludes halogenated alkanes) is 2. The molecule has 0 amide bonds. The molecule has 0 bridgehead atoms. The number of aryl methyl sites for hydroxylation is 1. The highest BCUT2D eigenvalue weighted by Crippen LogP contribution is 2.16. The summed E-state index contributed by atoms with van der Waals surface area (Å²) in [4.78, 5) is 0. The van der Waals surface area contributed by atoms with Gasteiger partial charge in [-0.2, -0.15) is 0 Å². The molecule has 0 heteroatoms. The van der Waals surface area contributed by atoms with Crippen LogP contribution in [-0.2, 0) is 6.42 Å². The van der Waals surface area contributed by atoms with Crippen LogP contribution in [0.1, 0.15) is 31.7 Å². The summed E-state index contributed by atoms with van der Waals surface area (Å²) in [6.07, 6.45) is 5.10. The normalized spacial score (nSPS) is 10.7. The van der Waals surface area contributed by atoms with Crippen LogP contribution in [0.3, 0.4) is 0 Å². The van der Waals surface area contributed by atoms with Crippen molar-refractivity contribution in [3.8, 4) is 0 Å². The SMILES string of the molecule is CCCCCc1c[c]c2ccccc2c1. The molecule has 0 aromatic heterocycles. The van der Waals surface area contributed by atoms with Crippen LogP contribution < -0.4 is 0 Å². The molecule has 0 fully saturated rings. The van der Waals surface area contributed by atoms with Crippen LogP contribution in [-0.4, -0.2) is 0 Å². The van der Waals surface area contributed by atoms with E-state index in [9.17, 15) is 0 Å². The van der Waals surface area contributed by atoms with Crippen molar-refractivity contribution in [2.45, 2.75) is 32.6 Å². The molecule has 1 radical (unpaired) electrons. The molecule has 0 spiro atoms. The molecule has 0 N–H and O–H groups in total. The summed E-state index contributed by atoms with van der Waals surface area (Å²) >= 11 is 0. The minimum absolute atomic E-state index is 1.19. The quantitative estimate of drug-likeness (QED) is 0.638. The fraction of sp³-hybridized carbons (Fsp3) is 0.333. The van der Waals surface area contributed by atoms with Crippen molar-refractivity contribution in [2.75, 3.05) is 0 Å². The molecule has 0 saturated heterocycles. The van der Waals surface area contributed by atoms with Gasteiger partial charge in [-0.15, -0.1) is 0 Å². The first kappa shape index (κ1) is 10.2. The number of benzene rings is 2. The molecule has 2 rings (SSSR count). The molecular formula is C15H17. The maximum absolute atomic E-state index is 3.35. The first-order chi connectivity index (χ1) is 7.40. The summed E-state index contributed by atoms with van der Waals surface area (Å²) < 4.78 is 0. The van der Waals surface area contributed by atoms with Crippen LogP contribution in [0.4, 0.5) is 0 Å². The van der Waals surface area contributed by atoms with Gasteiger partial charge in [-0.25, -0.2) is 0 Å². The van der Waals surface area contributed by atoms with Gasteiger partial charge in [0.15, 0.2) is 0 Å². The predicted molar refractivity (Wildman–Crippen MR) is 66.0 cm³/mol. The molecule has 0 unspecified atom stereocenters. The van der Waals surface area contributed by atoms with Crippen molar-refractivity contribution < 1.29 is 0 Å². The zero-order valence-electron chi connectivity index (χ0n) is 9.29. The Morgan fingerprint density at radius 3 is 2.87 bits per heavy atom. The van der Waals surface area contributed by atoms with E-state index in [-0.39, 0.29) is 0 Å². The molecule has 15 heavy (non-hydrogen) atoms. The Morgan fingerprint density at radius 2 is 2.00 bits per heavy atom. The van der Waals surface area contributed by atoms with Crippen LogP contribution in [0.5, 0.6) is 0 Å². The number of fused-ring (bicyclic) bond motifs is 1. The predicted octanol–water partition coefficient (Wildman–Crippen LogP) is 4.37. The summed E-state index contributed by atoms with van der Waals surface area (Å²) in [6.45, 7) is 2.24. The molecule has 77 valence electrons. The Balaban J connectivity index is 2.16. The highest BCUT2D eigenvalue weighted by Gasteiger charge is 1.96. The van der Waals surface area contributed by atoms with E-state index >= 15 is 0 Å². The van der Waals surface area contributed by atoms with E-state index in [1.165, 1.54) is 42.0 Å². The summed E-state index contributed by atoms with van der Waals surface area (Å²) in [5.41, 5.74) is 1.42. The van der Waals surface area contributed by atoms with Gasteiger partial charge < -0.3 is 0 Å². The molecule has 0 saturated carbocycles. The van der Waals surface area contributed by atoms with E-state index in [1.807, 2.05) is 0 Å². The number of hydrogen-bond acceptors (Lipinski definition) is 0. The minimum atomic E-state index is 1.19. The molecule has 2 aromatic rings. The summed E-state index contributed by atoms with van der Waals surface area (Å²) in [6, 6.07) is 16.2. The summed E-state index contributed by atoms with van der Waals surface area (Å²) in [5.74, 6) is 0. The Bertz CT molecular complexity index is 429. The molecule has 0 atom stereocenters. The first-order valence-corrected chi connectivity index (χ1v) is 5.79. The smallest absolute Gasteiger partial charge is 0.00963 e.